The molecule has 16 heavy (non-hydrogen) atoms. The quantitative estimate of drug-likeness (QED) is 0.748. The number of halogens is 1. The Hall–Kier alpha value is -1.07. The molecule has 88 valence electrons. The highest BCUT2D eigenvalue weighted by Crippen LogP contribution is 2.35. The van der Waals surface area contributed by atoms with Crippen molar-refractivity contribution in [2.45, 2.75) is 6.42 Å². The number of anilines is 1. The van der Waals surface area contributed by atoms with Gasteiger partial charge in [0.15, 0.2) is 10.9 Å². The van der Waals surface area contributed by atoms with E-state index in [0.717, 1.165) is 31.8 Å². The number of hydrogen-bond acceptors (Lipinski definition) is 5. The molecule has 1 aromatic heterocycles. The summed E-state index contributed by atoms with van der Waals surface area (Å²) >= 11 is 5.92. The molecular weight excluding hydrogens is 230 g/mol. The molecule has 0 N–H and O–H groups in total. The molecule has 1 aliphatic heterocycles. The lowest BCUT2D eigenvalue weighted by Crippen LogP contribution is -2.34. The van der Waals surface area contributed by atoms with Gasteiger partial charge in [-0.05, 0) is 6.42 Å². The first-order valence-corrected chi connectivity index (χ1v) is 5.58. The topological polar surface area (TPSA) is 47.5 Å². The molecule has 2 heterocycles. The van der Waals surface area contributed by atoms with Gasteiger partial charge in [-0.25, -0.2) is 0 Å². The number of fused-ring (bicyclic) bond motifs is 1. The summed E-state index contributed by atoms with van der Waals surface area (Å²) in [4.78, 5) is 2.19. The van der Waals surface area contributed by atoms with Gasteiger partial charge in [-0.15, -0.1) is 5.10 Å². The molecule has 0 radical (unpaired) electrons. The molecule has 0 atom stereocenters. The van der Waals surface area contributed by atoms with Crippen molar-refractivity contribution in [2.24, 2.45) is 0 Å². The van der Waals surface area contributed by atoms with Crippen molar-refractivity contribution in [2.75, 3.05) is 38.3 Å². The number of methoxy groups -OCH3 is 1. The maximum absolute atomic E-state index is 5.92. The summed E-state index contributed by atoms with van der Waals surface area (Å²) < 4.78 is 10.5. The van der Waals surface area contributed by atoms with Crippen LogP contribution in [0.4, 0.5) is 5.69 Å². The maximum Gasteiger partial charge on any atom is 0.195 e. The minimum absolute atomic E-state index is 0.328. The summed E-state index contributed by atoms with van der Waals surface area (Å²) in [6.45, 7) is 3.13. The fourth-order valence-electron chi connectivity index (χ4n) is 1.71. The van der Waals surface area contributed by atoms with E-state index in [-0.39, 0.29) is 0 Å². The third-order valence-corrected chi connectivity index (χ3v) is 2.72. The number of hydrogen-bond donors (Lipinski definition) is 0. The molecule has 0 unspecified atom stereocenters. The number of ether oxygens (including phenoxy) is 2. The van der Waals surface area contributed by atoms with Crippen LogP contribution in [-0.4, -0.2) is 43.6 Å². The van der Waals surface area contributed by atoms with Crippen molar-refractivity contribution >= 4 is 17.3 Å². The molecular formula is C10H14ClN3O2. The lowest BCUT2D eigenvalue weighted by Gasteiger charge is -2.30. The molecule has 0 amide bonds. The zero-order valence-electron chi connectivity index (χ0n) is 9.15. The first-order chi connectivity index (χ1) is 7.83. The standard InChI is InChI=1S/C10H14ClN3O2/c1-15-5-2-3-14-4-6-16-9-8(14)7-12-13-10(9)11/h7H,2-6H2,1H3. The Morgan fingerprint density at radius 1 is 1.62 bits per heavy atom. The lowest BCUT2D eigenvalue weighted by molar-refractivity contribution is 0.195. The first kappa shape index (κ1) is 11.4. The predicted molar refractivity (Wildman–Crippen MR) is 61.2 cm³/mol. The van der Waals surface area contributed by atoms with E-state index >= 15 is 0 Å². The second-order valence-electron chi connectivity index (χ2n) is 3.53. The summed E-state index contributed by atoms with van der Waals surface area (Å²) in [5.74, 6) is 0.639. The van der Waals surface area contributed by atoms with Gasteiger partial charge in [0.2, 0.25) is 0 Å². The Labute approximate surface area is 99.3 Å². The molecule has 0 bridgehead atoms. The summed E-state index contributed by atoms with van der Waals surface area (Å²) in [6.07, 6.45) is 2.66. The Morgan fingerprint density at radius 3 is 3.31 bits per heavy atom. The van der Waals surface area contributed by atoms with Gasteiger partial charge in [0.1, 0.15) is 12.3 Å². The fourth-order valence-corrected chi connectivity index (χ4v) is 1.91. The van der Waals surface area contributed by atoms with E-state index in [1.54, 1.807) is 13.3 Å². The molecule has 0 spiro atoms. The van der Waals surface area contributed by atoms with E-state index in [1.807, 2.05) is 0 Å². The van der Waals surface area contributed by atoms with Crippen LogP contribution in [0.3, 0.4) is 0 Å². The Morgan fingerprint density at radius 2 is 2.50 bits per heavy atom. The van der Waals surface area contributed by atoms with Crippen LogP contribution >= 0.6 is 11.6 Å². The van der Waals surface area contributed by atoms with Gasteiger partial charge in [-0.3, -0.25) is 0 Å². The van der Waals surface area contributed by atoms with Gasteiger partial charge in [-0.1, -0.05) is 11.6 Å². The summed E-state index contributed by atoms with van der Waals surface area (Å²) in [5, 5.41) is 7.93. The highest BCUT2D eigenvalue weighted by Gasteiger charge is 2.21. The molecule has 1 aromatic rings. The van der Waals surface area contributed by atoms with Crippen molar-refractivity contribution in [3.8, 4) is 5.75 Å². The maximum atomic E-state index is 5.92. The van der Waals surface area contributed by atoms with Gasteiger partial charge in [0.05, 0.1) is 12.7 Å². The second kappa shape index (κ2) is 5.32. The van der Waals surface area contributed by atoms with E-state index in [0.29, 0.717) is 17.5 Å². The minimum atomic E-state index is 0.328. The van der Waals surface area contributed by atoms with Crippen LogP contribution < -0.4 is 9.64 Å². The average Bonchev–Trinajstić information content (AvgIpc) is 2.31. The molecule has 0 fully saturated rings. The first-order valence-electron chi connectivity index (χ1n) is 5.21. The molecule has 2 rings (SSSR count). The van der Waals surface area contributed by atoms with Crippen LogP contribution in [0.2, 0.25) is 5.15 Å². The Kier molecular flexibility index (Phi) is 3.79. The van der Waals surface area contributed by atoms with Crippen LogP contribution in [-0.2, 0) is 4.74 Å². The monoisotopic (exact) mass is 243 g/mol. The molecule has 0 saturated carbocycles. The highest BCUT2D eigenvalue weighted by atomic mass is 35.5. The van der Waals surface area contributed by atoms with Crippen LogP contribution in [0.25, 0.3) is 0 Å². The van der Waals surface area contributed by atoms with Crippen molar-refractivity contribution in [1.82, 2.24) is 10.2 Å². The summed E-state index contributed by atoms with van der Waals surface area (Å²) in [5.41, 5.74) is 0.919. The van der Waals surface area contributed by atoms with Crippen molar-refractivity contribution in [3.63, 3.8) is 0 Å². The second-order valence-corrected chi connectivity index (χ2v) is 3.89. The summed E-state index contributed by atoms with van der Waals surface area (Å²) in [7, 11) is 1.70. The Bertz CT molecular complexity index is 362. The molecule has 0 aliphatic carbocycles. The van der Waals surface area contributed by atoms with Gasteiger partial charge >= 0.3 is 0 Å². The number of aromatic nitrogens is 2. The average molecular weight is 244 g/mol. The van der Waals surface area contributed by atoms with Gasteiger partial charge in [0.25, 0.3) is 0 Å². The largest absolute Gasteiger partial charge is 0.486 e. The van der Waals surface area contributed by atoms with Crippen molar-refractivity contribution in [1.29, 1.82) is 0 Å². The molecule has 5 nitrogen and oxygen atoms in total. The minimum Gasteiger partial charge on any atom is -0.486 e. The third-order valence-electron chi connectivity index (χ3n) is 2.47. The normalized spacial score (nSPS) is 14.5. The number of nitrogens with zero attached hydrogens (tertiary/aromatic N) is 3. The zero-order valence-corrected chi connectivity index (χ0v) is 9.90. The fraction of sp³-hybridized carbons (Fsp3) is 0.600. The van der Waals surface area contributed by atoms with Crippen molar-refractivity contribution < 1.29 is 9.47 Å². The van der Waals surface area contributed by atoms with Gasteiger partial charge in [-0.2, -0.15) is 5.10 Å². The van der Waals surface area contributed by atoms with Crippen molar-refractivity contribution in [3.05, 3.63) is 11.3 Å². The van der Waals surface area contributed by atoms with Gasteiger partial charge < -0.3 is 14.4 Å². The van der Waals surface area contributed by atoms with Crippen LogP contribution in [0.1, 0.15) is 6.42 Å². The third kappa shape index (κ3) is 2.36. The SMILES string of the molecule is COCCCN1CCOc2c1cnnc2Cl. The molecule has 1 aliphatic rings. The summed E-state index contributed by atoms with van der Waals surface area (Å²) in [6, 6.07) is 0. The van der Waals surface area contributed by atoms with E-state index in [1.165, 1.54) is 0 Å². The zero-order chi connectivity index (χ0) is 11.4. The van der Waals surface area contributed by atoms with E-state index in [4.69, 9.17) is 21.1 Å². The van der Waals surface area contributed by atoms with E-state index in [2.05, 4.69) is 15.1 Å². The van der Waals surface area contributed by atoms with Crippen LogP contribution in [0.15, 0.2) is 6.20 Å². The smallest absolute Gasteiger partial charge is 0.195 e. The number of rotatable bonds is 4. The van der Waals surface area contributed by atoms with Crippen LogP contribution in [0.5, 0.6) is 5.75 Å². The van der Waals surface area contributed by atoms with Crippen LogP contribution in [0, 0.1) is 0 Å². The highest BCUT2D eigenvalue weighted by molar-refractivity contribution is 6.31. The van der Waals surface area contributed by atoms with Gasteiger partial charge in [0, 0.05) is 20.3 Å². The predicted octanol–water partition coefficient (Wildman–Crippen LogP) is 1.37. The van der Waals surface area contributed by atoms with E-state index in [9.17, 15) is 0 Å². The lowest BCUT2D eigenvalue weighted by atomic mass is 10.3. The Balaban J connectivity index is 2.10. The molecule has 6 heteroatoms. The molecule has 0 saturated heterocycles. The molecule has 0 aromatic carbocycles. The van der Waals surface area contributed by atoms with E-state index < -0.39 is 0 Å².